The molecule has 0 N–H and O–H groups in total. The molecular weight excluding hydrogens is 318 g/mol. The lowest BCUT2D eigenvalue weighted by atomic mass is 9.92. The van der Waals surface area contributed by atoms with Crippen LogP contribution in [0.2, 0.25) is 0 Å². The minimum absolute atomic E-state index is 0.404. The molecule has 0 aliphatic carbocycles. The van der Waals surface area contributed by atoms with Gasteiger partial charge in [-0.3, -0.25) is 4.90 Å². The second-order valence-corrected chi connectivity index (χ2v) is 7.08. The molecule has 0 saturated carbocycles. The van der Waals surface area contributed by atoms with E-state index in [0.717, 1.165) is 13.0 Å². The van der Waals surface area contributed by atoms with Gasteiger partial charge in [0.25, 0.3) is 0 Å². The van der Waals surface area contributed by atoms with Gasteiger partial charge in [0.1, 0.15) is 0 Å². The molecule has 2 heteroatoms. The van der Waals surface area contributed by atoms with E-state index in [2.05, 4.69) is 90.7 Å². The highest BCUT2D eigenvalue weighted by Gasteiger charge is 2.19. The Labute approximate surface area is 156 Å². The molecule has 0 saturated heterocycles. The van der Waals surface area contributed by atoms with Crippen LogP contribution in [0.1, 0.15) is 23.6 Å². The fraction of sp³-hybridized carbons (Fsp3) is 0.250. The standard InChI is InChI=1S/C24H25NO/c1-19-15-21-11-5-7-13-23(21)24-14-8-6-12-22(24)17-26-18-25(19)16-20-9-3-2-4-10-20/h2-14,19H,15-18H2,1H3. The summed E-state index contributed by atoms with van der Waals surface area (Å²) in [6.07, 6.45) is 1.01. The minimum Gasteiger partial charge on any atom is -0.361 e. The summed E-state index contributed by atoms with van der Waals surface area (Å²) in [5.74, 6) is 0. The molecule has 1 unspecified atom stereocenters. The first kappa shape index (κ1) is 17.0. The maximum atomic E-state index is 6.13. The smallest absolute Gasteiger partial charge is 0.1000 e. The zero-order valence-electron chi connectivity index (χ0n) is 15.3. The third-order valence-electron chi connectivity index (χ3n) is 5.21. The Morgan fingerprint density at radius 1 is 0.808 bits per heavy atom. The lowest BCUT2D eigenvalue weighted by Crippen LogP contribution is -2.36. The first-order valence-electron chi connectivity index (χ1n) is 9.33. The molecular formula is C24H25NO. The Morgan fingerprint density at radius 3 is 2.19 bits per heavy atom. The molecule has 1 atom stereocenters. The topological polar surface area (TPSA) is 12.5 Å². The summed E-state index contributed by atoms with van der Waals surface area (Å²) in [5, 5.41) is 0. The zero-order valence-corrected chi connectivity index (χ0v) is 15.3. The SMILES string of the molecule is CC1Cc2ccccc2-c2ccccc2COCN1Cc1ccccc1. The Morgan fingerprint density at radius 2 is 1.42 bits per heavy atom. The molecule has 2 nitrogen and oxygen atoms in total. The molecule has 1 heterocycles. The van der Waals surface area contributed by atoms with Crippen molar-refractivity contribution in [3.05, 3.63) is 95.6 Å². The third kappa shape index (κ3) is 3.72. The van der Waals surface area contributed by atoms with Gasteiger partial charge in [0.2, 0.25) is 0 Å². The summed E-state index contributed by atoms with van der Waals surface area (Å²) in [7, 11) is 0. The Balaban J connectivity index is 1.67. The molecule has 0 amide bonds. The van der Waals surface area contributed by atoms with Crippen LogP contribution in [0.3, 0.4) is 0 Å². The van der Waals surface area contributed by atoms with Gasteiger partial charge in [-0.25, -0.2) is 0 Å². The average Bonchev–Trinajstić information content (AvgIpc) is 2.68. The van der Waals surface area contributed by atoms with Gasteiger partial charge >= 0.3 is 0 Å². The van der Waals surface area contributed by atoms with Crippen LogP contribution in [-0.2, 0) is 24.3 Å². The molecule has 0 radical (unpaired) electrons. The van der Waals surface area contributed by atoms with Crippen LogP contribution >= 0.6 is 0 Å². The predicted molar refractivity (Wildman–Crippen MR) is 107 cm³/mol. The molecule has 0 aromatic heterocycles. The number of nitrogens with zero attached hydrogens (tertiary/aromatic N) is 1. The summed E-state index contributed by atoms with van der Waals surface area (Å²) in [6.45, 7) is 4.50. The van der Waals surface area contributed by atoms with E-state index in [1.165, 1.54) is 27.8 Å². The summed E-state index contributed by atoms with van der Waals surface area (Å²) in [5.41, 5.74) is 6.63. The van der Waals surface area contributed by atoms with Crippen molar-refractivity contribution in [3.8, 4) is 11.1 Å². The van der Waals surface area contributed by atoms with E-state index in [0.29, 0.717) is 19.4 Å². The van der Waals surface area contributed by atoms with E-state index >= 15 is 0 Å². The van der Waals surface area contributed by atoms with E-state index in [1.54, 1.807) is 0 Å². The molecule has 0 spiro atoms. The van der Waals surface area contributed by atoms with Gasteiger partial charge in [0, 0.05) is 12.6 Å². The molecule has 1 aliphatic heterocycles. The van der Waals surface area contributed by atoms with Crippen LogP contribution in [0.15, 0.2) is 78.9 Å². The lowest BCUT2D eigenvalue weighted by Gasteiger charge is -2.31. The number of ether oxygens (including phenoxy) is 1. The minimum atomic E-state index is 0.404. The molecule has 0 fully saturated rings. The number of hydrogen-bond acceptors (Lipinski definition) is 2. The van der Waals surface area contributed by atoms with Gasteiger partial charge in [-0.1, -0.05) is 78.9 Å². The second-order valence-electron chi connectivity index (χ2n) is 7.08. The van der Waals surface area contributed by atoms with Gasteiger partial charge in [0.15, 0.2) is 0 Å². The van der Waals surface area contributed by atoms with Crippen LogP contribution in [0.25, 0.3) is 11.1 Å². The summed E-state index contributed by atoms with van der Waals surface area (Å²) in [6, 6.07) is 28.5. The van der Waals surface area contributed by atoms with Gasteiger partial charge in [-0.2, -0.15) is 0 Å². The maximum Gasteiger partial charge on any atom is 0.1000 e. The van der Waals surface area contributed by atoms with E-state index in [-0.39, 0.29) is 0 Å². The van der Waals surface area contributed by atoms with E-state index < -0.39 is 0 Å². The largest absolute Gasteiger partial charge is 0.361 e. The molecule has 1 aliphatic rings. The van der Waals surface area contributed by atoms with Gasteiger partial charge in [-0.05, 0) is 41.2 Å². The van der Waals surface area contributed by atoms with Gasteiger partial charge in [-0.15, -0.1) is 0 Å². The van der Waals surface area contributed by atoms with E-state index in [4.69, 9.17) is 4.74 Å². The third-order valence-corrected chi connectivity index (χ3v) is 5.21. The van der Waals surface area contributed by atoms with Crippen molar-refractivity contribution in [1.82, 2.24) is 4.90 Å². The molecule has 3 aromatic rings. The number of hydrogen-bond donors (Lipinski definition) is 0. The summed E-state index contributed by atoms with van der Waals surface area (Å²) >= 11 is 0. The first-order chi connectivity index (χ1) is 12.8. The fourth-order valence-electron chi connectivity index (χ4n) is 3.74. The van der Waals surface area contributed by atoms with E-state index in [9.17, 15) is 0 Å². The van der Waals surface area contributed by atoms with Crippen molar-refractivity contribution >= 4 is 0 Å². The van der Waals surface area contributed by atoms with Crippen molar-refractivity contribution < 1.29 is 4.74 Å². The predicted octanol–water partition coefficient (Wildman–Crippen LogP) is 5.27. The zero-order chi connectivity index (χ0) is 17.8. The van der Waals surface area contributed by atoms with Crippen molar-refractivity contribution in [2.24, 2.45) is 0 Å². The number of rotatable bonds is 2. The fourth-order valence-corrected chi connectivity index (χ4v) is 3.74. The van der Waals surface area contributed by atoms with Crippen LogP contribution in [0.5, 0.6) is 0 Å². The highest BCUT2D eigenvalue weighted by atomic mass is 16.5. The van der Waals surface area contributed by atoms with Crippen molar-refractivity contribution in [3.63, 3.8) is 0 Å². The van der Waals surface area contributed by atoms with Gasteiger partial charge < -0.3 is 4.74 Å². The van der Waals surface area contributed by atoms with Crippen molar-refractivity contribution in [1.29, 1.82) is 0 Å². The van der Waals surface area contributed by atoms with Crippen LogP contribution in [0, 0.1) is 0 Å². The normalized spacial score (nSPS) is 18.0. The second kappa shape index (κ2) is 7.86. The van der Waals surface area contributed by atoms with Crippen LogP contribution in [-0.4, -0.2) is 17.7 Å². The quantitative estimate of drug-likeness (QED) is 0.628. The number of benzene rings is 3. The highest BCUT2D eigenvalue weighted by molar-refractivity contribution is 5.70. The molecule has 26 heavy (non-hydrogen) atoms. The summed E-state index contributed by atoms with van der Waals surface area (Å²) in [4.78, 5) is 2.43. The Hall–Kier alpha value is -2.42. The molecule has 3 aromatic carbocycles. The Kier molecular flexibility index (Phi) is 5.14. The first-order valence-corrected chi connectivity index (χ1v) is 9.33. The molecule has 4 rings (SSSR count). The van der Waals surface area contributed by atoms with Crippen LogP contribution < -0.4 is 0 Å². The Bertz CT molecular complexity index is 859. The summed E-state index contributed by atoms with van der Waals surface area (Å²) < 4.78 is 6.13. The molecule has 132 valence electrons. The number of fused-ring (bicyclic) bond motifs is 3. The van der Waals surface area contributed by atoms with Crippen molar-refractivity contribution in [2.45, 2.75) is 32.5 Å². The molecule has 0 bridgehead atoms. The van der Waals surface area contributed by atoms with Crippen molar-refractivity contribution in [2.75, 3.05) is 6.73 Å². The average molecular weight is 343 g/mol. The monoisotopic (exact) mass is 343 g/mol. The van der Waals surface area contributed by atoms with E-state index in [1.807, 2.05) is 0 Å². The lowest BCUT2D eigenvalue weighted by molar-refractivity contribution is -0.00556. The van der Waals surface area contributed by atoms with Crippen LogP contribution in [0.4, 0.5) is 0 Å². The highest BCUT2D eigenvalue weighted by Crippen LogP contribution is 2.30. The van der Waals surface area contributed by atoms with Gasteiger partial charge in [0.05, 0.1) is 13.3 Å². The maximum absolute atomic E-state index is 6.13.